The van der Waals surface area contributed by atoms with Gasteiger partial charge in [-0.05, 0) is 61.9 Å². The van der Waals surface area contributed by atoms with Crippen molar-refractivity contribution in [2.75, 3.05) is 39.9 Å². The van der Waals surface area contributed by atoms with Crippen molar-refractivity contribution in [2.45, 2.75) is 46.1 Å². The Hall–Kier alpha value is -2.61. The Morgan fingerprint density at radius 2 is 1.79 bits per heavy atom. The first-order valence-corrected chi connectivity index (χ1v) is 12.5. The van der Waals surface area contributed by atoms with Crippen LogP contribution in [-0.4, -0.2) is 72.7 Å². The smallest absolute Gasteiger partial charge is 0.328 e. The molecule has 7 nitrogen and oxygen atoms in total. The van der Waals surface area contributed by atoms with Gasteiger partial charge in [0.25, 0.3) is 0 Å². The van der Waals surface area contributed by atoms with Crippen LogP contribution in [-0.2, 0) is 14.3 Å². The standard InChI is InChI=1S/C26H37N3O4S/c1-5-33-21-9-7-6-8-20(21)10-11-22(30)28-15-12-26(13-16-28)14-17-29(18-26)25(34)27-23(19(2)3)24(31)32-4/h6-11,19,23H,5,12-18H2,1-4H3,(H,27,34). The fraction of sp³-hybridized carbons (Fsp3) is 0.577. The van der Waals surface area contributed by atoms with Crippen LogP contribution in [0.1, 0.15) is 45.6 Å². The van der Waals surface area contributed by atoms with Gasteiger partial charge in [0.05, 0.1) is 13.7 Å². The number of piperidine rings is 1. The molecular formula is C26H37N3O4S. The number of rotatable bonds is 7. The van der Waals surface area contributed by atoms with Crippen LogP contribution < -0.4 is 10.1 Å². The highest BCUT2D eigenvalue weighted by molar-refractivity contribution is 7.80. The minimum Gasteiger partial charge on any atom is -0.493 e. The molecule has 2 aliphatic rings. The van der Waals surface area contributed by atoms with E-state index in [2.05, 4.69) is 10.2 Å². The van der Waals surface area contributed by atoms with Gasteiger partial charge in [-0.25, -0.2) is 4.79 Å². The number of ether oxygens (including phenoxy) is 2. The van der Waals surface area contributed by atoms with E-state index in [-0.39, 0.29) is 23.2 Å². The number of nitrogens with zero attached hydrogens (tertiary/aromatic N) is 2. The summed E-state index contributed by atoms with van der Waals surface area (Å²) in [5.41, 5.74) is 1.07. The number of amides is 1. The summed E-state index contributed by atoms with van der Waals surface area (Å²) in [7, 11) is 1.40. The minimum absolute atomic E-state index is 0.0334. The van der Waals surface area contributed by atoms with E-state index in [4.69, 9.17) is 21.7 Å². The molecule has 0 radical (unpaired) electrons. The molecule has 1 atom stereocenters. The molecule has 2 heterocycles. The van der Waals surface area contributed by atoms with Crippen LogP contribution in [0.15, 0.2) is 30.3 Å². The van der Waals surface area contributed by atoms with Gasteiger partial charge in [-0.1, -0.05) is 32.0 Å². The van der Waals surface area contributed by atoms with Crippen LogP contribution in [0.3, 0.4) is 0 Å². The van der Waals surface area contributed by atoms with E-state index in [0.29, 0.717) is 11.7 Å². The summed E-state index contributed by atoms with van der Waals surface area (Å²) in [4.78, 5) is 29.0. The molecule has 8 heteroatoms. The molecule has 1 N–H and O–H groups in total. The Kier molecular flexibility index (Phi) is 8.94. The van der Waals surface area contributed by atoms with E-state index >= 15 is 0 Å². The highest BCUT2D eigenvalue weighted by Gasteiger charge is 2.42. The second kappa shape index (κ2) is 11.7. The van der Waals surface area contributed by atoms with E-state index in [1.54, 1.807) is 6.08 Å². The van der Waals surface area contributed by atoms with E-state index < -0.39 is 6.04 Å². The molecule has 34 heavy (non-hydrogen) atoms. The molecule has 1 aromatic carbocycles. The van der Waals surface area contributed by atoms with Crippen molar-refractivity contribution in [3.05, 3.63) is 35.9 Å². The van der Waals surface area contributed by atoms with Gasteiger partial charge in [-0.2, -0.15) is 0 Å². The third-order valence-corrected chi connectivity index (χ3v) is 7.26. The van der Waals surface area contributed by atoms with Gasteiger partial charge in [-0.15, -0.1) is 0 Å². The normalized spacial score (nSPS) is 18.4. The summed E-state index contributed by atoms with van der Waals surface area (Å²) in [6.07, 6.45) is 6.43. The monoisotopic (exact) mass is 487 g/mol. The molecular weight excluding hydrogens is 450 g/mol. The highest BCUT2D eigenvalue weighted by atomic mass is 32.1. The third-order valence-electron chi connectivity index (χ3n) is 6.89. The van der Waals surface area contributed by atoms with Crippen LogP contribution in [0, 0.1) is 11.3 Å². The Balaban J connectivity index is 1.53. The average molecular weight is 488 g/mol. The van der Waals surface area contributed by atoms with Gasteiger partial charge in [0.15, 0.2) is 5.11 Å². The van der Waals surface area contributed by atoms with Crippen LogP contribution in [0.25, 0.3) is 6.08 Å². The highest BCUT2D eigenvalue weighted by Crippen LogP contribution is 2.40. The molecule has 2 aliphatic heterocycles. The Morgan fingerprint density at radius 1 is 1.15 bits per heavy atom. The van der Waals surface area contributed by atoms with E-state index in [1.165, 1.54) is 7.11 Å². The third kappa shape index (κ3) is 6.29. The maximum Gasteiger partial charge on any atom is 0.328 e. The zero-order valence-electron chi connectivity index (χ0n) is 20.7. The molecule has 1 aromatic rings. The van der Waals surface area contributed by atoms with Crippen molar-refractivity contribution < 1.29 is 19.1 Å². The molecule has 0 aliphatic carbocycles. The molecule has 2 fully saturated rings. The lowest BCUT2D eigenvalue weighted by Crippen LogP contribution is -2.50. The summed E-state index contributed by atoms with van der Waals surface area (Å²) in [6.45, 7) is 9.67. The molecule has 0 saturated carbocycles. The number of carbonyl (C=O) groups excluding carboxylic acids is 2. The number of methoxy groups -OCH3 is 1. The lowest BCUT2D eigenvalue weighted by atomic mass is 9.78. The molecule has 0 aromatic heterocycles. The second-order valence-electron chi connectivity index (χ2n) is 9.50. The summed E-state index contributed by atoms with van der Waals surface area (Å²) < 4.78 is 10.6. The maximum atomic E-state index is 12.8. The Bertz CT molecular complexity index is 909. The topological polar surface area (TPSA) is 71.1 Å². The van der Waals surface area contributed by atoms with Crippen molar-refractivity contribution in [3.63, 3.8) is 0 Å². The molecule has 186 valence electrons. The van der Waals surface area contributed by atoms with Gasteiger partial charge in [0.2, 0.25) is 5.91 Å². The number of nitrogens with one attached hydrogen (secondary N) is 1. The van der Waals surface area contributed by atoms with Crippen LogP contribution in [0.5, 0.6) is 5.75 Å². The lowest BCUT2D eigenvalue weighted by molar-refractivity contribution is -0.143. The Labute approximate surface area is 208 Å². The van der Waals surface area contributed by atoms with Crippen molar-refractivity contribution >= 4 is 35.3 Å². The number of carbonyl (C=O) groups is 2. The number of likely N-dealkylation sites (tertiary alicyclic amines) is 2. The molecule has 1 unspecified atom stereocenters. The average Bonchev–Trinajstić information content (AvgIpc) is 3.25. The fourth-order valence-corrected chi connectivity index (χ4v) is 5.02. The predicted molar refractivity (Wildman–Crippen MR) is 137 cm³/mol. The van der Waals surface area contributed by atoms with E-state index in [1.807, 2.05) is 56.0 Å². The quantitative estimate of drug-likeness (QED) is 0.359. The molecule has 1 spiro atoms. The fourth-order valence-electron chi connectivity index (χ4n) is 4.74. The van der Waals surface area contributed by atoms with Crippen LogP contribution >= 0.6 is 12.2 Å². The predicted octanol–water partition coefficient (Wildman–Crippen LogP) is 3.49. The van der Waals surface area contributed by atoms with E-state index in [9.17, 15) is 9.59 Å². The number of hydrogen-bond donors (Lipinski definition) is 1. The summed E-state index contributed by atoms with van der Waals surface area (Å²) in [6, 6.07) is 7.29. The SMILES string of the molecule is CCOc1ccccc1C=CC(=O)N1CCC2(CC1)CCN(C(=S)NC(C(=O)OC)C(C)C)C2. The zero-order chi connectivity index (χ0) is 24.7. The molecule has 3 rings (SSSR count). The lowest BCUT2D eigenvalue weighted by Gasteiger charge is -2.39. The van der Waals surface area contributed by atoms with Crippen molar-refractivity contribution in [1.82, 2.24) is 15.1 Å². The first-order chi connectivity index (χ1) is 16.3. The number of hydrogen-bond acceptors (Lipinski definition) is 5. The largest absolute Gasteiger partial charge is 0.493 e. The molecule has 1 amide bonds. The van der Waals surface area contributed by atoms with Crippen molar-refractivity contribution in [3.8, 4) is 5.75 Å². The second-order valence-corrected chi connectivity index (χ2v) is 9.88. The number of para-hydroxylation sites is 1. The van der Waals surface area contributed by atoms with Gasteiger partial charge in [0.1, 0.15) is 11.8 Å². The summed E-state index contributed by atoms with van der Waals surface area (Å²) in [5, 5.41) is 3.81. The van der Waals surface area contributed by atoms with Gasteiger partial charge >= 0.3 is 5.97 Å². The number of benzene rings is 1. The van der Waals surface area contributed by atoms with Crippen molar-refractivity contribution in [2.24, 2.45) is 11.3 Å². The molecule has 2 saturated heterocycles. The van der Waals surface area contributed by atoms with Crippen LogP contribution in [0.2, 0.25) is 0 Å². The van der Waals surface area contributed by atoms with Gasteiger partial charge in [0, 0.05) is 37.8 Å². The van der Waals surface area contributed by atoms with Gasteiger partial charge < -0.3 is 24.6 Å². The van der Waals surface area contributed by atoms with Crippen molar-refractivity contribution in [1.29, 1.82) is 0 Å². The summed E-state index contributed by atoms with van der Waals surface area (Å²) in [5.74, 6) is 0.597. The number of esters is 1. The number of thiocarbonyl (C=S) groups is 1. The van der Waals surface area contributed by atoms with E-state index in [0.717, 1.165) is 56.8 Å². The maximum absolute atomic E-state index is 12.8. The first kappa shape index (κ1) is 26.0. The Morgan fingerprint density at radius 3 is 2.41 bits per heavy atom. The minimum atomic E-state index is -0.451. The molecule has 0 bridgehead atoms. The van der Waals surface area contributed by atoms with Crippen LogP contribution in [0.4, 0.5) is 0 Å². The first-order valence-electron chi connectivity index (χ1n) is 12.1. The zero-order valence-corrected chi connectivity index (χ0v) is 21.5. The van der Waals surface area contributed by atoms with Gasteiger partial charge in [-0.3, -0.25) is 4.79 Å². The summed E-state index contributed by atoms with van der Waals surface area (Å²) >= 11 is 5.63.